The van der Waals surface area contributed by atoms with Crippen LogP contribution in [0.15, 0.2) is 36.4 Å². The van der Waals surface area contributed by atoms with Crippen LogP contribution in [0.1, 0.15) is 22.6 Å². The fourth-order valence-corrected chi connectivity index (χ4v) is 4.02. The van der Waals surface area contributed by atoms with Gasteiger partial charge in [0, 0.05) is 47.2 Å². The summed E-state index contributed by atoms with van der Waals surface area (Å²) in [5.41, 5.74) is 3.98. The number of likely N-dealkylation sites (N-methyl/N-ethyl adjacent to an activating group) is 1. The molecular formula is C19H20Cl3N3O. The van der Waals surface area contributed by atoms with E-state index in [0.29, 0.717) is 22.5 Å². The van der Waals surface area contributed by atoms with Crippen molar-refractivity contribution in [1.29, 1.82) is 0 Å². The molecule has 1 aliphatic heterocycles. The maximum atomic E-state index is 12.1. The molecule has 4 nitrogen and oxygen atoms in total. The number of carbonyl (C=O) groups excluding carboxylic acids is 1. The Balaban J connectivity index is 1.99. The second-order valence-electron chi connectivity index (χ2n) is 6.36. The van der Waals surface area contributed by atoms with Gasteiger partial charge in [-0.1, -0.05) is 41.4 Å². The highest BCUT2D eigenvalue weighted by Gasteiger charge is 2.28. The molecule has 3 rings (SSSR count). The Hall–Kier alpha value is -1.46. The molecule has 0 spiro atoms. The lowest BCUT2D eigenvalue weighted by Gasteiger charge is -2.34. The van der Waals surface area contributed by atoms with E-state index in [1.807, 2.05) is 30.3 Å². The fraction of sp³-hybridized carbons (Fsp3) is 0.316. The number of halogens is 3. The van der Waals surface area contributed by atoms with Crippen molar-refractivity contribution in [3.05, 3.63) is 63.1 Å². The number of fused-ring (bicyclic) bond motifs is 1. The average molecular weight is 413 g/mol. The van der Waals surface area contributed by atoms with Gasteiger partial charge in [0.25, 0.3) is 0 Å². The topological polar surface area (TPSA) is 44.4 Å². The van der Waals surface area contributed by atoms with Gasteiger partial charge in [0.1, 0.15) is 0 Å². The summed E-state index contributed by atoms with van der Waals surface area (Å²) < 4.78 is 0. The Kier molecular flexibility index (Phi) is 6.30. The molecule has 0 bridgehead atoms. The van der Waals surface area contributed by atoms with Crippen molar-refractivity contribution in [3.8, 4) is 0 Å². The summed E-state index contributed by atoms with van der Waals surface area (Å²) in [7, 11) is 2.06. The molecule has 26 heavy (non-hydrogen) atoms. The number of carbonyl (C=O) groups is 1. The van der Waals surface area contributed by atoms with E-state index >= 15 is 0 Å². The third-order valence-electron chi connectivity index (χ3n) is 4.46. The Morgan fingerprint density at radius 1 is 1.23 bits per heavy atom. The largest absolute Gasteiger partial charge is 0.337 e. The average Bonchev–Trinajstić information content (AvgIpc) is 2.60. The predicted molar refractivity (Wildman–Crippen MR) is 109 cm³/mol. The number of hydrogen-bond acceptors (Lipinski definition) is 2. The van der Waals surface area contributed by atoms with E-state index in [1.54, 1.807) is 6.07 Å². The van der Waals surface area contributed by atoms with Crippen LogP contribution in [0.2, 0.25) is 10.0 Å². The summed E-state index contributed by atoms with van der Waals surface area (Å²) in [4.78, 5) is 14.3. The molecule has 0 aliphatic carbocycles. The summed E-state index contributed by atoms with van der Waals surface area (Å²) in [6.45, 7) is 2.00. The summed E-state index contributed by atoms with van der Waals surface area (Å²) in [6, 6.07) is 11.3. The Morgan fingerprint density at radius 2 is 2.00 bits per heavy atom. The van der Waals surface area contributed by atoms with Gasteiger partial charge in [-0.25, -0.2) is 4.79 Å². The first-order valence-electron chi connectivity index (χ1n) is 8.35. The quantitative estimate of drug-likeness (QED) is 0.699. The maximum absolute atomic E-state index is 12.1. The Morgan fingerprint density at radius 3 is 2.77 bits per heavy atom. The van der Waals surface area contributed by atoms with Crippen molar-refractivity contribution < 1.29 is 4.79 Å². The zero-order chi connectivity index (χ0) is 18.7. The molecule has 0 fully saturated rings. The van der Waals surface area contributed by atoms with E-state index in [1.165, 1.54) is 0 Å². The van der Waals surface area contributed by atoms with E-state index in [0.717, 1.165) is 35.5 Å². The van der Waals surface area contributed by atoms with E-state index in [9.17, 15) is 4.79 Å². The summed E-state index contributed by atoms with van der Waals surface area (Å²) in [5, 5.41) is 6.94. The number of hydrogen-bond donors (Lipinski definition) is 2. The number of urea groups is 1. The third-order valence-corrected chi connectivity index (χ3v) is 5.20. The van der Waals surface area contributed by atoms with Gasteiger partial charge in [-0.3, -0.25) is 0 Å². The molecule has 1 aliphatic rings. The van der Waals surface area contributed by atoms with E-state index < -0.39 is 0 Å². The predicted octanol–water partition coefficient (Wildman–Crippen LogP) is 4.93. The molecular weight excluding hydrogens is 393 g/mol. The van der Waals surface area contributed by atoms with Crippen LogP contribution in [0, 0.1) is 0 Å². The van der Waals surface area contributed by atoms with Crippen molar-refractivity contribution in [3.63, 3.8) is 0 Å². The lowest BCUT2D eigenvalue weighted by molar-refractivity contribution is 0.252. The number of nitrogens with zero attached hydrogens (tertiary/aromatic N) is 1. The second kappa shape index (κ2) is 8.49. The van der Waals surface area contributed by atoms with Gasteiger partial charge in [0.15, 0.2) is 0 Å². The van der Waals surface area contributed by atoms with Gasteiger partial charge in [-0.15, -0.1) is 11.6 Å². The highest BCUT2D eigenvalue weighted by molar-refractivity contribution is 6.35. The van der Waals surface area contributed by atoms with Crippen LogP contribution < -0.4 is 10.6 Å². The number of anilines is 1. The minimum absolute atomic E-state index is 0.0597. The SMILES string of the molecule is CN1Cc2c(Cl)cc(Cl)cc2[C@H](c2ccccc2NC(=O)NCCCl)C1. The standard InChI is InChI=1S/C19H20Cl3N3O/c1-25-10-15(14-8-12(21)9-17(22)16(14)11-25)13-4-2-3-5-18(13)24-19(26)23-7-6-20/h2-5,8-9,15H,6-7,10-11H2,1H3,(H2,23,24,26)/t15-/m0/s1. The normalized spacial score (nSPS) is 16.8. The molecule has 0 saturated carbocycles. The number of benzene rings is 2. The monoisotopic (exact) mass is 411 g/mol. The number of amides is 2. The molecule has 7 heteroatoms. The maximum Gasteiger partial charge on any atom is 0.319 e. The lowest BCUT2D eigenvalue weighted by atomic mass is 9.84. The second-order valence-corrected chi connectivity index (χ2v) is 7.58. The van der Waals surface area contributed by atoms with E-state index in [2.05, 4.69) is 22.6 Å². The van der Waals surface area contributed by atoms with Crippen molar-refractivity contribution >= 4 is 46.5 Å². The van der Waals surface area contributed by atoms with Gasteiger partial charge in [-0.05, 0) is 41.9 Å². The Labute approximate surface area is 168 Å². The number of alkyl halides is 1. The Bertz CT molecular complexity index is 813. The fourth-order valence-electron chi connectivity index (χ4n) is 3.35. The summed E-state index contributed by atoms with van der Waals surface area (Å²) >= 11 is 18.3. The van der Waals surface area contributed by atoms with Crippen LogP contribution in [-0.2, 0) is 6.54 Å². The van der Waals surface area contributed by atoms with Gasteiger partial charge >= 0.3 is 6.03 Å². The molecule has 1 heterocycles. The van der Waals surface area contributed by atoms with Gasteiger partial charge in [0.2, 0.25) is 0 Å². The molecule has 0 unspecified atom stereocenters. The first-order valence-corrected chi connectivity index (χ1v) is 9.64. The first kappa shape index (κ1) is 19.3. The van der Waals surface area contributed by atoms with Crippen molar-refractivity contribution in [2.75, 3.05) is 31.3 Å². The van der Waals surface area contributed by atoms with Crippen LogP contribution in [0.3, 0.4) is 0 Å². The minimum atomic E-state index is -0.272. The van der Waals surface area contributed by atoms with Gasteiger partial charge < -0.3 is 15.5 Å². The highest BCUT2D eigenvalue weighted by Crippen LogP contribution is 2.40. The minimum Gasteiger partial charge on any atom is -0.337 e. The molecule has 138 valence electrons. The van der Waals surface area contributed by atoms with Gasteiger partial charge in [0.05, 0.1) is 0 Å². The zero-order valence-electron chi connectivity index (χ0n) is 14.4. The highest BCUT2D eigenvalue weighted by atomic mass is 35.5. The molecule has 2 amide bonds. The van der Waals surface area contributed by atoms with Crippen molar-refractivity contribution in [1.82, 2.24) is 10.2 Å². The first-order chi connectivity index (χ1) is 12.5. The number of para-hydroxylation sites is 1. The van der Waals surface area contributed by atoms with Crippen LogP contribution in [0.5, 0.6) is 0 Å². The van der Waals surface area contributed by atoms with Crippen molar-refractivity contribution in [2.45, 2.75) is 12.5 Å². The molecule has 0 aromatic heterocycles. The van der Waals surface area contributed by atoms with E-state index in [-0.39, 0.29) is 11.9 Å². The molecule has 0 radical (unpaired) electrons. The molecule has 2 aromatic rings. The molecule has 2 aromatic carbocycles. The smallest absolute Gasteiger partial charge is 0.319 e. The van der Waals surface area contributed by atoms with Gasteiger partial charge in [-0.2, -0.15) is 0 Å². The van der Waals surface area contributed by atoms with Crippen LogP contribution >= 0.6 is 34.8 Å². The number of nitrogens with one attached hydrogen (secondary N) is 2. The van der Waals surface area contributed by atoms with Crippen LogP contribution in [-0.4, -0.2) is 36.9 Å². The number of rotatable bonds is 4. The molecule has 1 atom stereocenters. The lowest BCUT2D eigenvalue weighted by Crippen LogP contribution is -2.33. The summed E-state index contributed by atoms with van der Waals surface area (Å²) in [5.74, 6) is 0.428. The summed E-state index contributed by atoms with van der Waals surface area (Å²) in [6.07, 6.45) is 0. The molecule has 0 saturated heterocycles. The van der Waals surface area contributed by atoms with E-state index in [4.69, 9.17) is 34.8 Å². The van der Waals surface area contributed by atoms with Crippen LogP contribution in [0.25, 0.3) is 0 Å². The van der Waals surface area contributed by atoms with Crippen LogP contribution in [0.4, 0.5) is 10.5 Å². The molecule has 2 N–H and O–H groups in total. The third kappa shape index (κ3) is 4.26. The van der Waals surface area contributed by atoms with Crippen molar-refractivity contribution in [2.24, 2.45) is 0 Å². The zero-order valence-corrected chi connectivity index (χ0v) is 16.6.